The maximum atomic E-state index is 12.2. The summed E-state index contributed by atoms with van der Waals surface area (Å²) in [6, 6.07) is 11.2. The Morgan fingerprint density at radius 3 is 2.23 bits per heavy atom. The van der Waals surface area contributed by atoms with E-state index < -0.39 is 5.97 Å². The Kier molecular flexibility index (Phi) is 4.61. The van der Waals surface area contributed by atoms with Crippen LogP contribution in [0.15, 0.2) is 36.4 Å². The van der Waals surface area contributed by atoms with Crippen LogP contribution in [0.2, 0.25) is 0 Å². The third-order valence-corrected chi connectivity index (χ3v) is 3.54. The first kappa shape index (κ1) is 15.8. The van der Waals surface area contributed by atoms with Gasteiger partial charge < -0.3 is 10.4 Å². The van der Waals surface area contributed by atoms with Gasteiger partial charge in [0.25, 0.3) is 5.91 Å². The third kappa shape index (κ3) is 3.52. The fourth-order valence-electron chi connectivity index (χ4n) is 2.54. The molecule has 0 unspecified atom stereocenters. The zero-order valence-corrected chi connectivity index (χ0v) is 12.9. The van der Waals surface area contributed by atoms with E-state index in [1.807, 2.05) is 31.2 Å². The van der Waals surface area contributed by atoms with Crippen LogP contribution >= 0.6 is 0 Å². The summed E-state index contributed by atoms with van der Waals surface area (Å²) in [5, 5.41) is 12.0. The van der Waals surface area contributed by atoms with Crippen LogP contribution in [0.25, 0.3) is 0 Å². The summed E-state index contributed by atoms with van der Waals surface area (Å²) < 4.78 is 0. The first-order valence-electron chi connectivity index (χ1n) is 7.07. The van der Waals surface area contributed by atoms with E-state index in [9.17, 15) is 9.59 Å². The summed E-state index contributed by atoms with van der Waals surface area (Å²) in [6.07, 6.45) is 0. The second-order valence-corrected chi connectivity index (χ2v) is 5.46. The van der Waals surface area contributed by atoms with Crippen LogP contribution in [-0.2, 0) is 6.54 Å². The maximum absolute atomic E-state index is 12.2. The van der Waals surface area contributed by atoms with E-state index in [1.165, 1.54) is 0 Å². The molecule has 0 fully saturated rings. The molecule has 0 aliphatic heterocycles. The summed E-state index contributed by atoms with van der Waals surface area (Å²) in [6.45, 7) is 5.85. The van der Waals surface area contributed by atoms with Gasteiger partial charge >= 0.3 is 5.97 Å². The molecule has 0 spiro atoms. The third-order valence-electron chi connectivity index (χ3n) is 3.54. The highest BCUT2D eigenvalue weighted by atomic mass is 16.4. The standard InChI is InChI=1S/C18H19NO3/c1-11-5-4-6-14(7-11)10-19-17(20)15-8-12(2)16(18(21)22)13(3)9-15/h4-9H,10H2,1-3H3,(H,19,20)(H,21,22). The summed E-state index contributed by atoms with van der Waals surface area (Å²) in [7, 11) is 0. The largest absolute Gasteiger partial charge is 0.478 e. The Labute approximate surface area is 129 Å². The van der Waals surface area contributed by atoms with Crippen LogP contribution < -0.4 is 5.32 Å². The molecule has 0 aliphatic rings. The van der Waals surface area contributed by atoms with Crippen molar-refractivity contribution in [1.82, 2.24) is 5.32 Å². The average molecular weight is 297 g/mol. The molecule has 2 aromatic carbocycles. The van der Waals surface area contributed by atoms with Gasteiger partial charge in [-0.05, 0) is 49.6 Å². The van der Waals surface area contributed by atoms with Gasteiger partial charge in [0, 0.05) is 12.1 Å². The number of carboxylic acid groups (broad SMARTS) is 1. The molecule has 4 heteroatoms. The van der Waals surface area contributed by atoms with Crippen LogP contribution in [0, 0.1) is 20.8 Å². The van der Waals surface area contributed by atoms with Gasteiger partial charge in [0.2, 0.25) is 0 Å². The SMILES string of the molecule is Cc1cccc(CNC(=O)c2cc(C)c(C(=O)O)c(C)c2)c1. The van der Waals surface area contributed by atoms with Gasteiger partial charge in [0.1, 0.15) is 0 Å². The van der Waals surface area contributed by atoms with E-state index in [0.717, 1.165) is 11.1 Å². The molecular weight excluding hydrogens is 278 g/mol. The summed E-state index contributed by atoms with van der Waals surface area (Å²) >= 11 is 0. The number of amides is 1. The molecule has 0 heterocycles. The highest BCUT2D eigenvalue weighted by Gasteiger charge is 2.14. The van der Waals surface area contributed by atoms with Crippen molar-refractivity contribution in [1.29, 1.82) is 0 Å². The van der Waals surface area contributed by atoms with Crippen molar-refractivity contribution in [2.24, 2.45) is 0 Å². The highest BCUT2D eigenvalue weighted by molar-refractivity contribution is 5.97. The number of benzene rings is 2. The quantitative estimate of drug-likeness (QED) is 0.910. The van der Waals surface area contributed by atoms with E-state index in [1.54, 1.807) is 26.0 Å². The molecule has 114 valence electrons. The maximum Gasteiger partial charge on any atom is 0.336 e. The number of rotatable bonds is 4. The lowest BCUT2D eigenvalue weighted by atomic mass is 9.99. The number of carbonyl (C=O) groups excluding carboxylic acids is 1. The van der Waals surface area contributed by atoms with E-state index in [2.05, 4.69) is 5.32 Å². The molecule has 0 aliphatic carbocycles. The fourth-order valence-corrected chi connectivity index (χ4v) is 2.54. The number of aromatic carboxylic acids is 1. The Hall–Kier alpha value is -2.62. The zero-order valence-electron chi connectivity index (χ0n) is 12.9. The zero-order chi connectivity index (χ0) is 16.3. The van der Waals surface area contributed by atoms with Crippen molar-refractivity contribution in [3.05, 3.63) is 69.8 Å². The molecule has 1 amide bonds. The molecule has 0 radical (unpaired) electrons. The van der Waals surface area contributed by atoms with Crippen LogP contribution in [0.5, 0.6) is 0 Å². The monoisotopic (exact) mass is 297 g/mol. The van der Waals surface area contributed by atoms with Gasteiger partial charge in [-0.15, -0.1) is 0 Å². The molecule has 2 rings (SSSR count). The Morgan fingerprint density at radius 1 is 1.05 bits per heavy atom. The number of carboxylic acids is 1. The van der Waals surface area contributed by atoms with Gasteiger partial charge in [-0.2, -0.15) is 0 Å². The molecule has 0 bridgehead atoms. The van der Waals surface area contributed by atoms with E-state index in [0.29, 0.717) is 23.2 Å². The molecule has 0 aromatic heterocycles. The Morgan fingerprint density at radius 2 is 1.68 bits per heavy atom. The molecule has 4 nitrogen and oxygen atoms in total. The lowest BCUT2D eigenvalue weighted by molar-refractivity contribution is 0.0694. The average Bonchev–Trinajstić information content (AvgIpc) is 2.43. The summed E-state index contributed by atoms with van der Waals surface area (Å²) in [5.41, 5.74) is 4.09. The van der Waals surface area contributed by atoms with E-state index in [4.69, 9.17) is 5.11 Å². The van der Waals surface area contributed by atoms with Crippen LogP contribution in [0.4, 0.5) is 0 Å². The predicted molar refractivity (Wildman–Crippen MR) is 85.2 cm³/mol. The van der Waals surface area contributed by atoms with Gasteiger partial charge in [0.05, 0.1) is 5.56 Å². The first-order valence-corrected chi connectivity index (χ1v) is 7.07. The Bertz CT molecular complexity index is 712. The predicted octanol–water partition coefficient (Wildman–Crippen LogP) is 3.24. The van der Waals surface area contributed by atoms with Crippen molar-refractivity contribution in [2.45, 2.75) is 27.3 Å². The van der Waals surface area contributed by atoms with Crippen molar-refractivity contribution < 1.29 is 14.7 Å². The minimum absolute atomic E-state index is 0.204. The smallest absolute Gasteiger partial charge is 0.336 e. The number of aryl methyl sites for hydroxylation is 3. The lowest BCUT2D eigenvalue weighted by Gasteiger charge is -2.10. The molecule has 0 saturated carbocycles. The number of hydrogen-bond acceptors (Lipinski definition) is 2. The highest BCUT2D eigenvalue weighted by Crippen LogP contribution is 2.17. The van der Waals surface area contributed by atoms with Gasteiger partial charge in [-0.1, -0.05) is 29.8 Å². The van der Waals surface area contributed by atoms with Gasteiger partial charge in [0.15, 0.2) is 0 Å². The van der Waals surface area contributed by atoms with Crippen molar-refractivity contribution >= 4 is 11.9 Å². The molecule has 2 N–H and O–H groups in total. The summed E-state index contributed by atoms with van der Waals surface area (Å²) in [4.78, 5) is 23.4. The minimum atomic E-state index is -0.971. The number of nitrogens with one attached hydrogen (secondary N) is 1. The van der Waals surface area contributed by atoms with Crippen molar-refractivity contribution in [3.8, 4) is 0 Å². The first-order chi connectivity index (χ1) is 10.4. The normalized spacial score (nSPS) is 10.3. The van der Waals surface area contributed by atoms with Gasteiger partial charge in [-0.3, -0.25) is 4.79 Å². The van der Waals surface area contributed by atoms with Crippen LogP contribution in [0.1, 0.15) is 43.0 Å². The minimum Gasteiger partial charge on any atom is -0.478 e. The Balaban J connectivity index is 2.15. The second kappa shape index (κ2) is 6.43. The van der Waals surface area contributed by atoms with Crippen LogP contribution in [-0.4, -0.2) is 17.0 Å². The molecule has 22 heavy (non-hydrogen) atoms. The molecule has 2 aromatic rings. The molecular formula is C18H19NO3. The molecule has 0 saturated heterocycles. The lowest BCUT2D eigenvalue weighted by Crippen LogP contribution is -2.23. The number of carbonyl (C=O) groups is 2. The fraction of sp³-hybridized carbons (Fsp3) is 0.222. The van der Waals surface area contributed by atoms with Gasteiger partial charge in [-0.25, -0.2) is 4.79 Å². The van der Waals surface area contributed by atoms with E-state index in [-0.39, 0.29) is 11.5 Å². The molecule has 0 atom stereocenters. The number of hydrogen-bond donors (Lipinski definition) is 2. The van der Waals surface area contributed by atoms with Crippen LogP contribution in [0.3, 0.4) is 0 Å². The second-order valence-electron chi connectivity index (χ2n) is 5.46. The van der Waals surface area contributed by atoms with Crippen molar-refractivity contribution in [2.75, 3.05) is 0 Å². The topological polar surface area (TPSA) is 66.4 Å². The summed E-state index contributed by atoms with van der Waals surface area (Å²) in [5.74, 6) is -1.17. The van der Waals surface area contributed by atoms with E-state index >= 15 is 0 Å². The van der Waals surface area contributed by atoms with Crippen molar-refractivity contribution in [3.63, 3.8) is 0 Å².